The number of alkyl halides is 3. The number of benzene rings is 1. The molecule has 1 saturated heterocycles. The zero-order chi connectivity index (χ0) is 24.4. The summed E-state index contributed by atoms with van der Waals surface area (Å²) < 4.78 is 40.4. The summed E-state index contributed by atoms with van der Waals surface area (Å²) in [7, 11) is 0. The van der Waals surface area contributed by atoms with E-state index in [1.165, 1.54) is 0 Å². The Kier molecular flexibility index (Phi) is 5.23. The molecule has 2 aliphatic carbocycles. The fourth-order valence-corrected chi connectivity index (χ4v) is 6.03. The van der Waals surface area contributed by atoms with E-state index in [1.54, 1.807) is 9.80 Å². The zero-order valence-corrected chi connectivity index (χ0v) is 19.6. The van der Waals surface area contributed by atoms with Crippen LogP contribution in [0, 0.1) is 5.92 Å². The fourth-order valence-electron chi connectivity index (χ4n) is 6.03. The van der Waals surface area contributed by atoms with Gasteiger partial charge in [0.1, 0.15) is 11.2 Å². The molecule has 0 unspecified atom stereocenters. The van der Waals surface area contributed by atoms with E-state index in [9.17, 15) is 22.8 Å². The minimum absolute atomic E-state index is 0.00793. The van der Waals surface area contributed by atoms with Crippen molar-refractivity contribution in [2.75, 3.05) is 18.0 Å². The molecule has 2 aliphatic heterocycles. The Balaban J connectivity index is 1.28. The van der Waals surface area contributed by atoms with Gasteiger partial charge in [0.2, 0.25) is 11.8 Å². The average molecular weight is 487 g/mol. The van der Waals surface area contributed by atoms with Crippen molar-refractivity contribution in [2.24, 2.45) is 5.92 Å². The molecular formula is C26H29F3N4O2. The molecule has 1 saturated carbocycles. The number of hydrogen-bond acceptors (Lipinski definition) is 3. The van der Waals surface area contributed by atoms with Gasteiger partial charge in [0, 0.05) is 43.4 Å². The molecule has 6 rings (SSSR count). The lowest BCUT2D eigenvalue weighted by molar-refractivity contribution is -0.145. The first-order valence-electron chi connectivity index (χ1n) is 12.6. The number of nitrogens with zero attached hydrogens (tertiary/aromatic N) is 4. The Morgan fingerprint density at radius 3 is 2.60 bits per heavy atom. The molecule has 2 aromatic rings. The molecule has 3 heterocycles. The summed E-state index contributed by atoms with van der Waals surface area (Å²) in [4.78, 5) is 34.7. The number of imidazole rings is 1. The normalized spacial score (nSPS) is 20.7. The van der Waals surface area contributed by atoms with Gasteiger partial charge >= 0.3 is 6.18 Å². The first-order valence-corrected chi connectivity index (χ1v) is 12.6. The molecule has 0 atom stereocenters. The summed E-state index contributed by atoms with van der Waals surface area (Å²) >= 11 is 0. The molecule has 186 valence electrons. The standard InChI is InChI=1S/C26H29F3N4O2/c27-26(28,29)12-5-13-32-21-9-4-2-7-19(21)30-22(32)14-33-20-8-3-1-6-18(20)25(24(33)35)15-31(16-25)23(34)17-10-11-17/h1,3,6,8,17H,2,4-5,7,9-16H2. The summed E-state index contributed by atoms with van der Waals surface area (Å²) in [5, 5.41) is 0. The van der Waals surface area contributed by atoms with E-state index < -0.39 is 18.0 Å². The van der Waals surface area contributed by atoms with Gasteiger partial charge in [-0.1, -0.05) is 18.2 Å². The minimum Gasteiger partial charge on any atom is -0.339 e. The van der Waals surface area contributed by atoms with Crippen molar-refractivity contribution in [3.63, 3.8) is 0 Å². The number of halogens is 3. The SMILES string of the molecule is O=C(C1CC1)N1CC2(C1)C(=O)N(Cc1nc3c(n1CCCC(F)(F)F)CCCC3)c1ccccc12. The van der Waals surface area contributed by atoms with Crippen molar-refractivity contribution in [1.82, 2.24) is 14.5 Å². The molecule has 35 heavy (non-hydrogen) atoms. The second kappa shape index (κ2) is 8.10. The van der Waals surface area contributed by atoms with Gasteiger partial charge in [-0.3, -0.25) is 9.59 Å². The fraction of sp³-hybridized carbons (Fsp3) is 0.577. The summed E-state index contributed by atoms with van der Waals surface area (Å²) in [6, 6.07) is 7.70. The van der Waals surface area contributed by atoms with Gasteiger partial charge < -0.3 is 14.4 Å². The minimum atomic E-state index is -4.19. The average Bonchev–Trinajstić information content (AvgIpc) is 3.55. The summed E-state index contributed by atoms with van der Waals surface area (Å²) in [5.41, 5.74) is 3.00. The number of carbonyl (C=O) groups excluding carboxylic acids is 2. The number of likely N-dealkylation sites (tertiary alicyclic amines) is 1. The highest BCUT2D eigenvalue weighted by Crippen LogP contribution is 2.49. The van der Waals surface area contributed by atoms with Crippen molar-refractivity contribution in [2.45, 2.75) is 76.0 Å². The van der Waals surface area contributed by atoms with Crippen LogP contribution >= 0.6 is 0 Å². The van der Waals surface area contributed by atoms with Crippen LogP contribution in [0.15, 0.2) is 24.3 Å². The molecule has 1 aromatic heterocycles. The Morgan fingerprint density at radius 2 is 1.86 bits per heavy atom. The van der Waals surface area contributed by atoms with Crippen molar-refractivity contribution in [1.29, 1.82) is 0 Å². The molecule has 2 amide bonds. The molecule has 1 aromatic carbocycles. The highest BCUT2D eigenvalue weighted by Gasteiger charge is 2.60. The van der Waals surface area contributed by atoms with Crippen LogP contribution in [-0.4, -0.2) is 45.5 Å². The third kappa shape index (κ3) is 3.83. The highest BCUT2D eigenvalue weighted by molar-refractivity contribution is 6.10. The quantitative estimate of drug-likeness (QED) is 0.617. The number of aryl methyl sites for hydroxylation is 1. The number of rotatable bonds is 6. The van der Waals surface area contributed by atoms with E-state index in [4.69, 9.17) is 4.98 Å². The third-order valence-electron chi connectivity index (χ3n) is 7.98. The van der Waals surface area contributed by atoms with Crippen molar-refractivity contribution < 1.29 is 22.8 Å². The smallest absolute Gasteiger partial charge is 0.339 e. The van der Waals surface area contributed by atoms with Crippen LogP contribution in [0.4, 0.5) is 18.9 Å². The number of carbonyl (C=O) groups is 2. The van der Waals surface area contributed by atoms with Crippen molar-refractivity contribution in [3.8, 4) is 0 Å². The second-order valence-electron chi connectivity index (χ2n) is 10.5. The third-order valence-corrected chi connectivity index (χ3v) is 7.98. The number of hydrogen-bond donors (Lipinski definition) is 0. The van der Waals surface area contributed by atoms with Crippen LogP contribution in [0.1, 0.15) is 61.3 Å². The number of amides is 2. The van der Waals surface area contributed by atoms with Crippen LogP contribution in [0.25, 0.3) is 0 Å². The summed E-state index contributed by atoms with van der Waals surface area (Å²) in [6.45, 7) is 1.26. The lowest BCUT2D eigenvalue weighted by Crippen LogP contribution is -2.65. The lowest BCUT2D eigenvalue weighted by atomic mass is 9.74. The Hall–Kier alpha value is -2.84. The van der Waals surface area contributed by atoms with E-state index in [0.717, 1.165) is 61.2 Å². The van der Waals surface area contributed by atoms with E-state index in [0.29, 0.717) is 18.9 Å². The number of para-hydroxylation sites is 1. The molecule has 0 N–H and O–H groups in total. The van der Waals surface area contributed by atoms with Gasteiger partial charge in [-0.05, 0) is 56.6 Å². The van der Waals surface area contributed by atoms with Gasteiger partial charge in [-0.2, -0.15) is 13.2 Å². The second-order valence-corrected chi connectivity index (χ2v) is 10.5. The van der Waals surface area contributed by atoms with E-state index >= 15 is 0 Å². The lowest BCUT2D eigenvalue weighted by Gasteiger charge is -2.47. The van der Waals surface area contributed by atoms with E-state index in [2.05, 4.69) is 0 Å². The first kappa shape index (κ1) is 22.6. The van der Waals surface area contributed by atoms with Crippen LogP contribution in [-0.2, 0) is 40.9 Å². The molecule has 4 aliphatic rings. The maximum atomic E-state index is 13.8. The number of anilines is 1. The Labute approximate surface area is 202 Å². The van der Waals surface area contributed by atoms with Gasteiger partial charge in [-0.25, -0.2) is 4.98 Å². The molecule has 6 nitrogen and oxygen atoms in total. The van der Waals surface area contributed by atoms with Crippen LogP contribution in [0.2, 0.25) is 0 Å². The topological polar surface area (TPSA) is 58.4 Å². The number of fused-ring (bicyclic) bond motifs is 3. The summed E-state index contributed by atoms with van der Waals surface area (Å²) in [5.74, 6) is 0.879. The number of aromatic nitrogens is 2. The molecule has 9 heteroatoms. The van der Waals surface area contributed by atoms with Crippen molar-refractivity contribution in [3.05, 3.63) is 47.0 Å². The van der Waals surface area contributed by atoms with Gasteiger partial charge in [0.05, 0.1) is 12.2 Å². The van der Waals surface area contributed by atoms with E-state index in [-0.39, 0.29) is 37.2 Å². The predicted octanol–water partition coefficient (Wildman–Crippen LogP) is 4.14. The Bertz CT molecular complexity index is 1180. The highest BCUT2D eigenvalue weighted by atomic mass is 19.4. The van der Waals surface area contributed by atoms with Crippen molar-refractivity contribution >= 4 is 17.5 Å². The van der Waals surface area contributed by atoms with Gasteiger partial charge in [0.15, 0.2) is 0 Å². The maximum Gasteiger partial charge on any atom is 0.389 e. The van der Waals surface area contributed by atoms with Gasteiger partial charge in [0.25, 0.3) is 0 Å². The molecule has 0 bridgehead atoms. The largest absolute Gasteiger partial charge is 0.389 e. The zero-order valence-electron chi connectivity index (χ0n) is 19.6. The van der Waals surface area contributed by atoms with E-state index in [1.807, 2.05) is 28.8 Å². The molecule has 2 fully saturated rings. The summed E-state index contributed by atoms with van der Waals surface area (Å²) in [6.07, 6.45) is 0.474. The maximum absolute atomic E-state index is 13.8. The predicted molar refractivity (Wildman–Crippen MR) is 123 cm³/mol. The molecule has 0 radical (unpaired) electrons. The monoisotopic (exact) mass is 486 g/mol. The Morgan fingerprint density at radius 1 is 1.11 bits per heavy atom. The van der Waals surface area contributed by atoms with Gasteiger partial charge in [-0.15, -0.1) is 0 Å². The van der Waals surface area contributed by atoms with Crippen LogP contribution in [0.3, 0.4) is 0 Å². The first-order chi connectivity index (χ1) is 16.8. The van der Waals surface area contributed by atoms with Crippen LogP contribution in [0.5, 0.6) is 0 Å². The molecule has 1 spiro atoms. The molecular weight excluding hydrogens is 457 g/mol. The van der Waals surface area contributed by atoms with Crippen LogP contribution < -0.4 is 4.90 Å².